The predicted octanol–water partition coefficient (Wildman–Crippen LogP) is 3.18. The van der Waals surface area contributed by atoms with Gasteiger partial charge in [0.25, 0.3) is 5.91 Å². The van der Waals surface area contributed by atoms with E-state index >= 15 is 0 Å². The first-order valence-corrected chi connectivity index (χ1v) is 7.12. The minimum absolute atomic E-state index is 0.0317. The molecule has 0 radical (unpaired) electrons. The van der Waals surface area contributed by atoms with Crippen LogP contribution in [0.15, 0.2) is 46.9 Å². The molecule has 4 heteroatoms. The molecule has 2 aromatic carbocycles. The molecule has 2 N–H and O–H groups in total. The number of amides is 1. The van der Waals surface area contributed by atoms with Gasteiger partial charge >= 0.3 is 0 Å². The summed E-state index contributed by atoms with van der Waals surface area (Å²) >= 11 is 3.39. The van der Waals surface area contributed by atoms with E-state index in [0.717, 1.165) is 21.2 Å². The van der Waals surface area contributed by atoms with Crippen molar-refractivity contribution in [2.75, 3.05) is 0 Å². The lowest BCUT2D eigenvalue weighted by molar-refractivity contribution is 0.0950. The van der Waals surface area contributed by atoms with E-state index in [4.69, 9.17) is 5.11 Å². The SMILES string of the molecule is Cc1cc(Br)cc(C(=O)NCc2ccc(CO)cc2)c1. The molecular formula is C16H16BrNO2. The van der Waals surface area contributed by atoms with Crippen molar-refractivity contribution in [1.82, 2.24) is 5.32 Å². The van der Waals surface area contributed by atoms with Crippen molar-refractivity contribution in [3.8, 4) is 0 Å². The van der Waals surface area contributed by atoms with E-state index in [-0.39, 0.29) is 12.5 Å². The highest BCUT2D eigenvalue weighted by molar-refractivity contribution is 9.10. The van der Waals surface area contributed by atoms with Gasteiger partial charge in [-0.2, -0.15) is 0 Å². The average molecular weight is 334 g/mol. The van der Waals surface area contributed by atoms with Crippen molar-refractivity contribution in [2.45, 2.75) is 20.1 Å². The zero-order chi connectivity index (χ0) is 14.5. The van der Waals surface area contributed by atoms with Crippen molar-refractivity contribution >= 4 is 21.8 Å². The fraction of sp³-hybridized carbons (Fsp3) is 0.188. The Balaban J connectivity index is 2.00. The number of benzene rings is 2. The van der Waals surface area contributed by atoms with Crippen LogP contribution in [0.5, 0.6) is 0 Å². The number of aryl methyl sites for hydroxylation is 1. The van der Waals surface area contributed by atoms with Gasteiger partial charge in [-0.15, -0.1) is 0 Å². The molecule has 0 aliphatic rings. The van der Waals surface area contributed by atoms with Crippen molar-refractivity contribution in [1.29, 1.82) is 0 Å². The van der Waals surface area contributed by atoms with Gasteiger partial charge in [0.15, 0.2) is 0 Å². The average Bonchev–Trinajstić information content (AvgIpc) is 2.44. The number of aliphatic hydroxyl groups is 1. The van der Waals surface area contributed by atoms with E-state index in [1.807, 2.05) is 43.3 Å². The Bertz CT molecular complexity index is 588. The highest BCUT2D eigenvalue weighted by Crippen LogP contribution is 2.15. The number of hydrogen-bond acceptors (Lipinski definition) is 2. The van der Waals surface area contributed by atoms with Crippen molar-refractivity contribution in [3.05, 3.63) is 69.2 Å². The zero-order valence-corrected chi connectivity index (χ0v) is 12.8. The van der Waals surface area contributed by atoms with Crippen molar-refractivity contribution in [3.63, 3.8) is 0 Å². The summed E-state index contributed by atoms with van der Waals surface area (Å²) < 4.78 is 0.898. The molecule has 0 aromatic heterocycles. The van der Waals surface area contributed by atoms with Gasteiger partial charge in [0.1, 0.15) is 0 Å². The number of hydrogen-bond donors (Lipinski definition) is 2. The second-order valence-corrected chi connectivity index (χ2v) is 5.59. The van der Waals surface area contributed by atoms with Gasteiger partial charge in [-0.3, -0.25) is 4.79 Å². The van der Waals surface area contributed by atoms with Gasteiger partial charge in [0.05, 0.1) is 6.61 Å². The lowest BCUT2D eigenvalue weighted by Gasteiger charge is -2.07. The summed E-state index contributed by atoms with van der Waals surface area (Å²) in [4.78, 5) is 12.1. The highest BCUT2D eigenvalue weighted by Gasteiger charge is 2.06. The Morgan fingerprint density at radius 2 is 1.80 bits per heavy atom. The van der Waals surface area contributed by atoms with Crippen LogP contribution in [0.1, 0.15) is 27.0 Å². The lowest BCUT2D eigenvalue weighted by Crippen LogP contribution is -2.22. The second kappa shape index (κ2) is 6.68. The van der Waals surface area contributed by atoms with Gasteiger partial charge in [-0.05, 0) is 41.8 Å². The van der Waals surface area contributed by atoms with Crippen LogP contribution in [-0.2, 0) is 13.2 Å². The largest absolute Gasteiger partial charge is 0.392 e. The molecular weight excluding hydrogens is 318 g/mol. The minimum Gasteiger partial charge on any atom is -0.392 e. The molecule has 1 amide bonds. The quantitative estimate of drug-likeness (QED) is 0.902. The van der Waals surface area contributed by atoms with Crippen LogP contribution in [0.4, 0.5) is 0 Å². The Morgan fingerprint density at radius 3 is 2.40 bits per heavy atom. The molecule has 104 valence electrons. The minimum atomic E-state index is -0.0966. The van der Waals surface area contributed by atoms with Crippen molar-refractivity contribution < 1.29 is 9.90 Å². The first-order chi connectivity index (χ1) is 9.58. The summed E-state index contributed by atoms with van der Waals surface area (Å²) in [5.74, 6) is -0.0966. The van der Waals surface area contributed by atoms with Gasteiger partial charge in [0, 0.05) is 16.6 Å². The third-order valence-electron chi connectivity index (χ3n) is 2.96. The Hall–Kier alpha value is -1.65. The third-order valence-corrected chi connectivity index (χ3v) is 3.42. The van der Waals surface area contributed by atoms with Crippen LogP contribution in [0.2, 0.25) is 0 Å². The van der Waals surface area contributed by atoms with Crippen LogP contribution in [0, 0.1) is 6.92 Å². The van der Waals surface area contributed by atoms with Gasteiger partial charge in [-0.25, -0.2) is 0 Å². The Kier molecular flexibility index (Phi) is 4.93. The smallest absolute Gasteiger partial charge is 0.251 e. The van der Waals surface area contributed by atoms with E-state index in [1.165, 1.54) is 0 Å². The molecule has 0 heterocycles. The summed E-state index contributed by atoms with van der Waals surface area (Å²) in [5, 5.41) is 11.9. The molecule has 0 aliphatic heterocycles. The van der Waals surface area contributed by atoms with E-state index in [2.05, 4.69) is 21.2 Å². The Morgan fingerprint density at radius 1 is 1.15 bits per heavy atom. The molecule has 0 saturated heterocycles. The number of carbonyl (C=O) groups is 1. The molecule has 20 heavy (non-hydrogen) atoms. The third kappa shape index (κ3) is 3.92. The fourth-order valence-corrected chi connectivity index (χ4v) is 2.52. The van der Waals surface area contributed by atoms with Gasteiger partial charge in [-0.1, -0.05) is 40.2 Å². The lowest BCUT2D eigenvalue weighted by atomic mass is 10.1. The predicted molar refractivity (Wildman–Crippen MR) is 82.4 cm³/mol. The van der Waals surface area contributed by atoms with Crippen LogP contribution in [0.3, 0.4) is 0 Å². The summed E-state index contributed by atoms with van der Waals surface area (Å²) in [5.41, 5.74) is 3.55. The van der Waals surface area contributed by atoms with Crippen LogP contribution in [0.25, 0.3) is 0 Å². The van der Waals surface area contributed by atoms with E-state index < -0.39 is 0 Å². The van der Waals surface area contributed by atoms with Crippen molar-refractivity contribution in [2.24, 2.45) is 0 Å². The van der Waals surface area contributed by atoms with E-state index in [1.54, 1.807) is 6.07 Å². The molecule has 0 aliphatic carbocycles. The number of nitrogens with one attached hydrogen (secondary N) is 1. The van der Waals surface area contributed by atoms with E-state index in [0.29, 0.717) is 12.1 Å². The topological polar surface area (TPSA) is 49.3 Å². The number of carbonyl (C=O) groups excluding carboxylic acids is 1. The molecule has 0 bridgehead atoms. The normalized spacial score (nSPS) is 10.3. The van der Waals surface area contributed by atoms with Crippen LogP contribution < -0.4 is 5.32 Å². The maximum atomic E-state index is 12.1. The molecule has 0 atom stereocenters. The molecule has 2 rings (SSSR count). The first kappa shape index (κ1) is 14.8. The van der Waals surface area contributed by atoms with Gasteiger partial charge < -0.3 is 10.4 Å². The Labute approximate surface area is 126 Å². The second-order valence-electron chi connectivity index (χ2n) is 4.67. The fourth-order valence-electron chi connectivity index (χ4n) is 1.91. The molecule has 0 saturated carbocycles. The van der Waals surface area contributed by atoms with E-state index in [9.17, 15) is 4.79 Å². The first-order valence-electron chi connectivity index (χ1n) is 6.32. The molecule has 3 nitrogen and oxygen atoms in total. The van der Waals surface area contributed by atoms with Crippen LogP contribution in [-0.4, -0.2) is 11.0 Å². The number of aliphatic hydroxyl groups excluding tert-OH is 1. The van der Waals surface area contributed by atoms with Gasteiger partial charge in [0.2, 0.25) is 0 Å². The molecule has 2 aromatic rings. The monoisotopic (exact) mass is 333 g/mol. The molecule has 0 unspecified atom stereocenters. The maximum absolute atomic E-state index is 12.1. The number of halogens is 1. The summed E-state index contributed by atoms with van der Waals surface area (Å²) in [6.45, 7) is 2.45. The number of rotatable bonds is 4. The summed E-state index contributed by atoms with van der Waals surface area (Å²) in [6.07, 6.45) is 0. The molecule has 0 fully saturated rings. The summed E-state index contributed by atoms with van der Waals surface area (Å²) in [7, 11) is 0. The standard InChI is InChI=1S/C16H16BrNO2/c1-11-6-14(8-15(17)7-11)16(20)18-9-12-2-4-13(10-19)5-3-12/h2-8,19H,9-10H2,1H3,(H,18,20). The maximum Gasteiger partial charge on any atom is 0.251 e. The summed E-state index contributed by atoms with van der Waals surface area (Å²) in [6, 6.07) is 13.1. The zero-order valence-electron chi connectivity index (χ0n) is 11.2. The molecule has 0 spiro atoms. The van der Waals surface area contributed by atoms with Crippen LogP contribution >= 0.6 is 15.9 Å². The highest BCUT2D eigenvalue weighted by atomic mass is 79.9.